The molecule has 0 aromatic heterocycles. The zero-order chi connectivity index (χ0) is 15.5. The maximum Gasteiger partial charge on any atom is 0.223 e. The monoisotopic (exact) mass is 309 g/mol. The lowest BCUT2D eigenvalue weighted by molar-refractivity contribution is -0.132. The van der Waals surface area contributed by atoms with E-state index in [0.29, 0.717) is 25.9 Å². The highest BCUT2D eigenvalue weighted by Crippen LogP contribution is 2.23. The van der Waals surface area contributed by atoms with Crippen LogP contribution in [0.3, 0.4) is 0 Å². The molecule has 1 saturated heterocycles. The Balaban J connectivity index is 1.98. The topological polar surface area (TPSA) is 54.5 Å². The lowest BCUT2D eigenvalue weighted by atomic mass is 10.0. The van der Waals surface area contributed by atoms with Crippen molar-refractivity contribution in [3.05, 3.63) is 35.4 Å². The Hall–Kier alpha value is -1.36. The first-order valence-corrected chi connectivity index (χ1v) is 9.26. The maximum atomic E-state index is 12.4. The Morgan fingerprint density at radius 3 is 2.62 bits per heavy atom. The van der Waals surface area contributed by atoms with Crippen LogP contribution in [0.5, 0.6) is 0 Å². The Kier molecular flexibility index (Phi) is 5.04. The fraction of sp³-hybridized carbons (Fsp3) is 0.562. The van der Waals surface area contributed by atoms with E-state index in [1.54, 1.807) is 0 Å². The standard InChI is InChI=1S/C16H23NO3S/c1-3-17(11-15-7-5-4-6-13(15)2)16(18)10-14-8-9-21(19,20)12-14/h4-7,14H,3,8-12H2,1-2H3. The minimum atomic E-state index is -2.91. The van der Waals surface area contributed by atoms with Gasteiger partial charge >= 0.3 is 0 Å². The van der Waals surface area contributed by atoms with Gasteiger partial charge in [0.15, 0.2) is 9.84 Å². The number of sulfone groups is 1. The van der Waals surface area contributed by atoms with Gasteiger partial charge in [0.2, 0.25) is 5.91 Å². The van der Waals surface area contributed by atoms with Crippen molar-refractivity contribution < 1.29 is 13.2 Å². The number of carbonyl (C=O) groups excluding carboxylic acids is 1. The molecule has 1 heterocycles. The van der Waals surface area contributed by atoms with Crippen molar-refractivity contribution in [1.82, 2.24) is 4.90 Å². The summed E-state index contributed by atoms with van der Waals surface area (Å²) in [6.45, 7) is 5.24. The number of benzene rings is 1. The molecule has 1 atom stereocenters. The summed E-state index contributed by atoms with van der Waals surface area (Å²) >= 11 is 0. The second-order valence-electron chi connectivity index (χ2n) is 5.81. The predicted molar refractivity (Wildman–Crippen MR) is 83.6 cm³/mol. The molecular weight excluding hydrogens is 286 g/mol. The summed E-state index contributed by atoms with van der Waals surface area (Å²) in [6, 6.07) is 8.03. The zero-order valence-electron chi connectivity index (χ0n) is 12.7. The number of amides is 1. The van der Waals surface area contributed by atoms with Crippen molar-refractivity contribution in [1.29, 1.82) is 0 Å². The number of aryl methyl sites for hydroxylation is 1. The van der Waals surface area contributed by atoms with E-state index in [9.17, 15) is 13.2 Å². The number of carbonyl (C=O) groups is 1. The van der Waals surface area contributed by atoms with Crippen molar-refractivity contribution in [3.8, 4) is 0 Å². The van der Waals surface area contributed by atoms with Crippen LogP contribution < -0.4 is 0 Å². The fourth-order valence-electron chi connectivity index (χ4n) is 2.78. The third-order valence-corrected chi connectivity index (χ3v) is 5.98. The van der Waals surface area contributed by atoms with E-state index in [4.69, 9.17) is 0 Å². The van der Waals surface area contributed by atoms with Gasteiger partial charge < -0.3 is 4.90 Å². The lowest BCUT2D eigenvalue weighted by Crippen LogP contribution is -2.32. The van der Waals surface area contributed by atoms with E-state index in [1.807, 2.05) is 43.0 Å². The smallest absolute Gasteiger partial charge is 0.223 e. The number of rotatable bonds is 5. The van der Waals surface area contributed by atoms with E-state index in [1.165, 1.54) is 5.56 Å². The molecule has 0 bridgehead atoms. The molecule has 1 unspecified atom stereocenters. The van der Waals surface area contributed by atoms with Crippen LogP contribution in [-0.2, 0) is 21.2 Å². The molecule has 116 valence electrons. The maximum absolute atomic E-state index is 12.4. The van der Waals surface area contributed by atoms with Gasteiger partial charge in [0.25, 0.3) is 0 Å². The third-order valence-electron chi connectivity index (χ3n) is 4.15. The van der Waals surface area contributed by atoms with Crippen molar-refractivity contribution in [2.45, 2.75) is 33.2 Å². The fourth-order valence-corrected chi connectivity index (χ4v) is 4.64. The third kappa shape index (κ3) is 4.30. The van der Waals surface area contributed by atoms with Crippen molar-refractivity contribution in [2.24, 2.45) is 5.92 Å². The van der Waals surface area contributed by atoms with Gasteiger partial charge in [-0.1, -0.05) is 24.3 Å². The second kappa shape index (κ2) is 6.60. The molecular formula is C16H23NO3S. The van der Waals surface area contributed by atoms with Crippen LogP contribution in [0.25, 0.3) is 0 Å². The molecule has 1 aromatic carbocycles. The molecule has 0 N–H and O–H groups in total. The summed E-state index contributed by atoms with van der Waals surface area (Å²) < 4.78 is 22.9. The summed E-state index contributed by atoms with van der Waals surface area (Å²) in [7, 11) is -2.91. The molecule has 1 amide bonds. The Labute approximate surface area is 127 Å². The Morgan fingerprint density at radius 2 is 2.05 bits per heavy atom. The first-order valence-electron chi connectivity index (χ1n) is 7.44. The van der Waals surface area contributed by atoms with Crippen molar-refractivity contribution in [3.63, 3.8) is 0 Å². The zero-order valence-corrected chi connectivity index (χ0v) is 13.5. The molecule has 0 saturated carbocycles. The van der Waals surface area contributed by atoms with Crippen molar-refractivity contribution in [2.75, 3.05) is 18.1 Å². The van der Waals surface area contributed by atoms with Crippen LogP contribution in [0.1, 0.15) is 30.9 Å². The first-order chi connectivity index (χ1) is 9.91. The Morgan fingerprint density at radius 1 is 1.33 bits per heavy atom. The SMILES string of the molecule is CCN(Cc1ccccc1C)C(=O)CC1CCS(=O)(=O)C1. The van der Waals surface area contributed by atoms with E-state index in [0.717, 1.165) is 5.56 Å². The van der Waals surface area contributed by atoms with Gasteiger partial charge in [-0.15, -0.1) is 0 Å². The van der Waals surface area contributed by atoms with Crippen LogP contribution in [0.15, 0.2) is 24.3 Å². The summed E-state index contributed by atoms with van der Waals surface area (Å²) in [5.41, 5.74) is 2.32. The number of nitrogens with zero attached hydrogens (tertiary/aromatic N) is 1. The van der Waals surface area contributed by atoms with Gasteiger partial charge in [0, 0.05) is 19.5 Å². The van der Waals surface area contributed by atoms with Gasteiger partial charge in [0.05, 0.1) is 11.5 Å². The van der Waals surface area contributed by atoms with E-state index < -0.39 is 9.84 Å². The van der Waals surface area contributed by atoms with Gasteiger partial charge in [-0.2, -0.15) is 0 Å². The molecule has 1 aromatic rings. The molecule has 1 fully saturated rings. The summed E-state index contributed by atoms with van der Waals surface area (Å²) in [6.07, 6.45) is 0.967. The molecule has 0 spiro atoms. The number of hydrogen-bond donors (Lipinski definition) is 0. The largest absolute Gasteiger partial charge is 0.339 e. The van der Waals surface area contributed by atoms with E-state index in [-0.39, 0.29) is 23.3 Å². The van der Waals surface area contributed by atoms with Gasteiger partial charge in [-0.25, -0.2) is 8.42 Å². The van der Waals surface area contributed by atoms with Crippen LogP contribution in [0.4, 0.5) is 0 Å². The summed E-state index contributed by atoms with van der Waals surface area (Å²) in [5, 5.41) is 0. The Bertz CT molecular complexity index is 610. The minimum Gasteiger partial charge on any atom is -0.339 e. The lowest BCUT2D eigenvalue weighted by Gasteiger charge is -2.23. The molecule has 5 heteroatoms. The quantitative estimate of drug-likeness (QED) is 0.837. The number of hydrogen-bond acceptors (Lipinski definition) is 3. The molecule has 1 aliphatic heterocycles. The highest BCUT2D eigenvalue weighted by atomic mass is 32.2. The van der Waals surface area contributed by atoms with Gasteiger partial charge in [0.1, 0.15) is 0 Å². The van der Waals surface area contributed by atoms with Gasteiger partial charge in [-0.3, -0.25) is 4.79 Å². The van der Waals surface area contributed by atoms with Crippen LogP contribution in [0.2, 0.25) is 0 Å². The molecule has 0 radical (unpaired) electrons. The van der Waals surface area contributed by atoms with Crippen LogP contribution in [-0.4, -0.2) is 37.3 Å². The van der Waals surface area contributed by atoms with E-state index in [2.05, 4.69) is 0 Å². The average molecular weight is 309 g/mol. The van der Waals surface area contributed by atoms with Crippen LogP contribution >= 0.6 is 0 Å². The highest BCUT2D eigenvalue weighted by Gasteiger charge is 2.30. The molecule has 0 aliphatic carbocycles. The first kappa shape index (κ1) is 16.0. The van der Waals surface area contributed by atoms with Gasteiger partial charge in [-0.05, 0) is 37.3 Å². The normalized spacial score (nSPS) is 20.4. The van der Waals surface area contributed by atoms with Crippen molar-refractivity contribution >= 4 is 15.7 Å². The molecule has 2 rings (SSSR count). The second-order valence-corrected chi connectivity index (χ2v) is 8.04. The van der Waals surface area contributed by atoms with E-state index >= 15 is 0 Å². The predicted octanol–water partition coefficient (Wildman–Crippen LogP) is 2.17. The average Bonchev–Trinajstić information content (AvgIpc) is 2.77. The minimum absolute atomic E-state index is 0.00609. The molecule has 1 aliphatic rings. The van der Waals surface area contributed by atoms with Crippen LogP contribution in [0, 0.1) is 12.8 Å². The summed E-state index contributed by atoms with van der Waals surface area (Å²) in [5.74, 6) is 0.450. The molecule has 21 heavy (non-hydrogen) atoms. The summed E-state index contributed by atoms with van der Waals surface area (Å²) in [4.78, 5) is 14.2. The highest BCUT2D eigenvalue weighted by molar-refractivity contribution is 7.91. The molecule has 4 nitrogen and oxygen atoms in total.